The van der Waals surface area contributed by atoms with Crippen molar-refractivity contribution < 1.29 is 0 Å². The Kier molecular flexibility index (Phi) is 2.80. The average Bonchev–Trinajstić information content (AvgIpc) is 2.86. The summed E-state index contributed by atoms with van der Waals surface area (Å²) in [7, 11) is 0. The lowest BCUT2D eigenvalue weighted by Gasteiger charge is -2.36. The van der Waals surface area contributed by atoms with Gasteiger partial charge in [0.1, 0.15) is 5.82 Å². The molecule has 1 aromatic heterocycles. The van der Waals surface area contributed by atoms with Gasteiger partial charge in [-0.3, -0.25) is 4.90 Å². The predicted molar refractivity (Wildman–Crippen MR) is 77.0 cm³/mol. The minimum absolute atomic E-state index is 0.808. The Balaban J connectivity index is 1.62. The lowest BCUT2D eigenvalue weighted by atomic mass is 9.94. The van der Waals surface area contributed by atoms with Gasteiger partial charge in [-0.25, -0.2) is 4.98 Å². The van der Waals surface area contributed by atoms with E-state index in [1.165, 1.54) is 50.0 Å². The molecule has 0 N–H and O–H groups in total. The van der Waals surface area contributed by atoms with Crippen molar-refractivity contribution in [1.29, 1.82) is 0 Å². The van der Waals surface area contributed by atoms with Crippen LogP contribution < -0.4 is 0 Å². The highest BCUT2D eigenvalue weighted by atomic mass is 15.3. The molecule has 3 nitrogen and oxygen atoms in total. The van der Waals surface area contributed by atoms with E-state index in [0.29, 0.717) is 0 Å². The van der Waals surface area contributed by atoms with Crippen LogP contribution in [-0.2, 0) is 13.1 Å². The molecule has 2 aliphatic rings. The van der Waals surface area contributed by atoms with Gasteiger partial charge in [-0.1, -0.05) is 31.4 Å². The summed E-state index contributed by atoms with van der Waals surface area (Å²) in [5.41, 5.74) is 2.46. The average molecular weight is 255 g/mol. The summed E-state index contributed by atoms with van der Waals surface area (Å²) in [5.74, 6) is 1.26. The molecular formula is C16H21N3. The summed E-state index contributed by atoms with van der Waals surface area (Å²) in [6.45, 7) is 3.34. The number of aromatic nitrogens is 2. The maximum atomic E-state index is 4.82. The maximum absolute atomic E-state index is 4.82. The molecule has 0 bridgehead atoms. The second kappa shape index (κ2) is 4.64. The summed E-state index contributed by atoms with van der Waals surface area (Å²) >= 11 is 0. The molecule has 0 unspecified atom stereocenters. The van der Waals surface area contributed by atoms with E-state index >= 15 is 0 Å². The van der Waals surface area contributed by atoms with Crippen LogP contribution in [0, 0.1) is 0 Å². The molecule has 0 saturated heterocycles. The van der Waals surface area contributed by atoms with E-state index in [9.17, 15) is 0 Å². The zero-order valence-electron chi connectivity index (χ0n) is 11.4. The summed E-state index contributed by atoms with van der Waals surface area (Å²) in [6.07, 6.45) is 7.04. The van der Waals surface area contributed by atoms with Crippen LogP contribution >= 0.6 is 0 Å². The Hall–Kier alpha value is -1.35. The fourth-order valence-corrected chi connectivity index (χ4v) is 3.74. The summed E-state index contributed by atoms with van der Waals surface area (Å²) in [5, 5.41) is 0. The molecule has 0 amide bonds. The third-order valence-corrected chi connectivity index (χ3v) is 4.78. The first-order valence-corrected chi connectivity index (χ1v) is 7.60. The molecule has 0 atom stereocenters. The van der Waals surface area contributed by atoms with E-state index in [1.807, 2.05) is 0 Å². The van der Waals surface area contributed by atoms with Gasteiger partial charge in [-0.05, 0) is 25.0 Å². The van der Waals surface area contributed by atoms with Gasteiger partial charge in [0.05, 0.1) is 17.6 Å². The lowest BCUT2D eigenvalue weighted by molar-refractivity contribution is 0.122. The van der Waals surface area contributed by atoms with E-state index < -0.39 is 0 Å². The molecule has 100 valence electrons. The van der Waals surface area contributed by atoms with Crippen LogP contribution in [-0.4, -0.2) is 27.0 Å². The van der Waals surface area contributed by atoms with Crippen LogP contribution in [0.15, 0.2) is 24.3 Å². The van der Waals surface area contributed by atoms with E-state index in [2.05, 4.69) is 33.7 Å². The molecule has 2 heterocycles. The van der Waals surface area contributed by atoms with Gasteiger partial charge in [0, 0.05) is 19.1 Å². The molecule has 4 rings (SSSR count). The largest absolute Gasteiger partial charge is 0.326 e. The zero-order valence-corrected chi connectivity index (χ0v) is 11.4. The van der Waals surface area contributed by atoms with E-state index in [4.69, 9.17) is 4.98 Å². The highest BCUT2D eigenvalue weighted by Gasteiger charge is 2.26. The monoisotopic (exact) mass is 255 g/mol. The van der Waals surface area contributed by atoms with Crippen LogP contribution in [0.25, 0.3) is 11.0 Å². The quantitative estimate of drug-likeness (QED) is 0.780. The second-order valence-corrected chi connectivity index (χ2v) is 5.93. The standard InChI is InChI=1S/C16H21N3/c1-2-6-13(7-3-1)18-10-11-19-15-9-5-4-8-14(15)17-16(19)12-18/h4-5,8-9,13H,1-3,6-7,10-12H2. The first-order valence-electron chi connectivity index (χ1n) is 7.60. The van der Waals surface area contributed by atoms with Gasteiger partial charge in [0.15, 0.2) is 0 Å². The lowest BCUT2D eigenvalue weighted by Crippen LogP contribution is -2.42. The number of nitrogens with zero attached hydrogens (tertiary/aromatic N) is 3. The van der Waals surface area contributed by atoms with E-state index in [-0.39, 0.29) is 0 Å². The fourth-order valence-electron chi connectivity index (χ4n) is 3.74. The van der Waals surface area contributed by atoms with E-state index in [1.54, 1.807) is 0 Å². The molecule has 3 heteroatoms. The molecule has 1 aliphatic heterocycles. The van der Waals surface area contributed by atoms with Gasteiger partial charge in [0.2, 0.25) is 0 Å². The van der Waals surface area contributed by atoms with Crippen molar-refractivity contribution in [3.63, 3.8) is 0 Å². The van der Waals surface area contributed by atoms with Crippen LogP contribution in [0.4, 0.5) is 0 Å². The van der Waals surface area contributed by atoms with Gasteiger partial charge in [0.25, 0.3) is 0 Å². The van der Waals surface area contributed by atoms with Crippen molar-refractivity contribution in [2.45, 2.75) is 51.2 Å². The minimum atomic E-state index is 0.808. The molecule has 1 fully saturated rings. The SMILES string of the molecule is c1ccc2c(c1)nc1n2CCN(C2CCCCC2)C1. The van der Waals surface area contributed by atoms with Crippen molar-refractivity contribution in [2.24, 2.45) is 0 Å². The predicted octanol–water partition coefficient (Wildman–Crippen LogP) is 3.18. The number of rotatable bonds is 1. The number of para-hydroxylation sites is 2. The Morgan fingerprint density at radius 2 is 1.84 bits per heavy atom. The van der Waals surface area contributed by atoms with Gasteiger partial charge in [-0.2, -0.15) is 0 Å². The minimum Gasteiger partial charge on any atom is -0.326 e. The second-order valence-electron chi connectivity index (χ2n) is 5.93. The van der Waals surface area contributed by atoms with Crippen molar-refractivity contribution >= 4 is 11.0 Å². The smallest absolute Gasteiger partial charge is 0.124 e. The maximum Gasteiger partial charge on any atom is 0.124 e. The number of benzene rings is 1. The van der Waals surface area contributed by atoms with Crippen molar-refractivity contribution in [3.05, 3.63) is 30.1 Å². The van der Waals surface area contributed by atoms with Crippen molar-refractivity contribution in [1.82, 2.24) is 14.5 Å². The van der Waals surface area contributed by atoms with Crippen LogP contribution in [0.2, 0.25) is 0 Å². The summed E-state index contributed by atoms with van der Waals surface area (Å²) in [4.78, 5) is 7.49. The Morgan fingerprint density at radius 3 is 2.74 bits per heavy atom. The topological polar surface area (TPSA) is 21.1 Å². The summed E-state index contributed by atoms with van der Waals surface area (Å²) in [6, 6.07) is 9.33. The third-order valence-electron chi connectivity index (χ3n) is 4.78. The van der Waals surface area contributed by atoms with Gasteiger partial charge < -0.3 is 4.57 Å². The number of imidazole rings is 1. The molecule has 0 radical (unpaired) electrons. The summed E-state index contributed by atoms with van der Waals surface area (Å²) < 4.78 is 2.41. The number of hydrogen-bond acceptors (Lipinski definition) is 2. The Labute approximate surface area is 114 Å². The fraction of sp³-hybridized carbons (Fsp3) is 0.562. The molecule has 1 aliphatic carbocycles. The highest BCUT2D eigenvalue weighted by molar-refractivity contribution is 5.75. The molecule has 2 aromatic rings. The molecule has 1 aromatic carbocycles. The highest BCUT2D eigenvalue weighted by Crippen LogP contribution is 2.27. The first-order chi connectivity index (χ1) is 9.42. The van der Waals surface area contributed by atoms with E-state index in [0.717, 1.165) is 24.6 Å². The first kappa shape index (κ1) is 11.5. The number of fused-ring (bicyclic) bond motifs is 3. The molecule has 1 saturated carbocycles. The normalized spacial score (nSPS) is 21.7. The third kappa shape index (κ3) is 1.96. The van der Waals surface area contributed by atoms with Gasteiger partial charge in [-0.15, -0.1) is 0 Å². The Bertz CT molecular complexity index is 581. The van der Waals surface area contributed by atoms with Crippen LogP contribution in [0.5, 0.6) is 0 Å². The zero-order chi connectivity index (χ0) is 12.7. The van der Waals surface area contributed by atoms with Crippen LogP contribution in [0.1, 0.15) is 37.9 Å². The molecule has 0 spiro atoms. The molecule has 19 heavy (non-hydrogen) atoms. The molecular weight excluding hydrogens is 234 g/mol. The number of hydrogen-bond donors (Lipinski definition) is 0. The Morgan fingerprint density at radius 1 is 1.00 bits per heavy atom. The van der Waals surface area contributed by atoms with Crippen LogP contribution in [0.3, 0.4) is 0 Å². The van der Waals surface area contributed by atoms with Crippen molar-refractivity contribution in [2.75, 3.05) is 6.54 Å². The van der Waals surface area contributed by atoms with Crippen molar-refractivity contribution in [3.8, 4) is 0 Å². The van der Waals surface area contributed by atoms with Gasteiger partial charge >= 0.3 is 0 Å².